The molecule has 1 aliphatic rings. The summed E-state index contributed by atoms with van der Waals surface area (Å²) in [6.07, 6.45) is -0.0259. The van der Waals surface area contributed by atoms with Crippen molar-refractivity contribution in [3.05, 3.63) is 41.4 Å². The number of aryl methyl sites for hydroxylation is 3. The van der Waals surface area contributed by atoms with E-state index in [0.717, 1.165) is 17.1 Å². The largest absolute Gasteiger partial charge is 0.458 e. The number of rotatable bonds is 6. The Balaban J connectivity index is 1.58. The quantitative estimate of drug-likeness (QED) is 0.622. The Hall–Kier alpha value is -3.08. The lowest BCUT2D eigenvalue weighted by atomic mass is 10.3. The molecule has 0 radical (unpaired) electrons. The Labute approximate surface area is 187 Å². The van der Waals surface area contributed by atoms with E-state index in [2.05, 4.69) is 25.3 Å². The number of likely N-dealkylation sites (N-methyl/N-ethyl adjacent to an activating group) is 1. The zero-order valence-electron chi connectivity index (χ0n) is 19.1. The van der Waals surface area contributed by atoms with Crippen LogP contribution in [-0.2, 0) is 9.53 Å². The second-order valence-electron chi connectivity index (χ2n) is 8.26. The first-order valence-electron chi connectivity index (χ1n) is 10.6. The number of hydrogen-bond acceptors (Lipinski definition) is 8. The normalized spacial score (nSPS) is 17.1. The third kappa shape index (κ3) is 5.04. The monoisotopic (exact) mass is 439 g/mol. The summed E-state index contributed by atoms with van der Waals surface area (Å²) in [7, 11) is 3.93. The molecule has 4 rings (SSSR count). The molecule has 0 spiro atoms. The van der Waals surface area contributed by atoms with Crippen molar-refractivity contribution in [3.8, 4) is 17.4 Å². The van der Waals surface area contributed by atoms with Crippen molar-refractivity contribution < 1.29 is 13.9 Å². The minimum Gasteiger partial charge on any atom is -0.458 e. The number of morpholine rings is 1. The summed E-state index contributed by atoms with van der Waals surface area (Å²) in [5, 5.41) is 7.43. The summed E-state index contributed by atoms with van der Waals surface area (Å²) in [5.74, 6) is 2.48. The van der Waals surface area contributed by atoms with E-state index in [1.54, 1.807) is 10.7 Å². The van der Waals surface area contributed by atoms with Crippen LogP contribution < -0.4 is 5.32 Å². The number of amides is 1. The van der Waals surface area contributed by atoms with Crippen LogP contribution in [0.1, 0.15) is 17.1 Å². The number of carbonyl (C=O) groups is 1. The zero-order chi connectivity index (χ0) is 22.8. The maximum absolute atomic E-state index is 12.8. The Morgan fingerprint density at radius 1 is 1.22 bits per heavy atom. The summed E-state index contributed by atoms with van der Waals surface area (Å²) in [6, 6.07) is 7.36. The zero-order valence-corrected chi connectivity index (χ0v) is 19.1. The van der Waals surface area contributed by atoms with E-state index in [0.29, 0.717) is 42.9 Å². The smallest absolute Gasteiger partial charge is 0.239 e. The lowest BCUT2D eigenvalue weighted by Crippen LogP contribution is -2.50. The van der Waals surface area contributed by atoms with Crippen molar-refractivity contribution in [2.24, 2.45) is 0 Å². The van der Waals surface area contributed by atoms with Crippen molar-refractivity contribution in [1.82, 2.24) is 29.5 Å². The molecule has 1 fully saturated rings. The molecule has 10 heteroatoms. The Morgan fingerprint density at radius 3 is 2.69 bits per heavy atom. The van der Waals surface area contributed by atoms with Gasteiger partial charge in [-0.15, -0.1) is 0 Å². The van der Waals surface area contributed by atoms with E-state index >= 15 is 0 Å². The summed E-state index contributed by atoms with van der Waals surface area (Å²) >= 11 is 0. The first-order valence-corrected chi connectivity index (χ1v) is 10.6. The molecule has 1 N–H and O–H groups in total. The van der Waals surface area contributed by atoms with E-state index in [1.165, 1.54) is 0 Å². The third-order valence-corrected chi connectivity index (χ3v) is 5.24. The van der Waals surface area contributed by atoms with Crippen LogP contribution in [0.4, 0.5) is 5.82 Å². The van der Waals surface area contributed by atoms with Gasteiger partial charge in [-0.25, -0.2) is 14.6 Å². The Kier molecular flexibility index (Phi) is 6.35. The molecule has 10 nitrogen and oxygen atoms in total. The highest BCUT2D eigenvalue weighted by Gasteiger charge is 2.24. The highest BCUT2D eigenvalue weighted by molar-refractivity contribution is 5.91. The molecule has 0 bridgehead atoms. The fourth-order valence-corrected chi connectivity index (χ4v) is 3.66. The minimum absolute atomic E-state index is 0.0259. The maximum Gasteiger partial charge on any atom is 0.239 e. The molecule has 170 valence electrons. The van der Waals surface area contributed by atoms with Crippen molar-refractivity contribution in [2.75, 3.05) is 45.7 Å². The summed E-state index contributed by atoms with van der Waals surface area (Å²) < 4.78 is 13.2. The van der Waals surface area contributed by atoms with Gasteiger partial charge in [-0.2, -0.15) is 5.10 Å². The van der Waals surface area contributed by atoms with Gasteiger partial charge in [-0.1, -0.05) is 0 Å². The molecule has 0 aromatic carbocycles. The second kappa shape index (κ2) is 9.19. The predicted octanol–water partition coefficient (Wildman–Crippen LogP) is 2.01. The van der Waals surface area contributed by atoms with E-state index in [4.69, 9.17) is 9.15 Å². The fraction of sp³-hybridized carbons (Fsp3) is 0.455. The standard InChI is InChI=1S/C22H29N7O3/c1-14-10-15(2)29(26-14)19-11-18(24-22(25-19)17-7-6-16(3)32-17)23-20(30)12-28-8-9-31-21(13-28)27(4)5/h6-7,10-11,21H,8-9,12-13H2,1-5H3,(H,23,24,25,30). The van der Waals surface area contributed by atoms with Gasteiger partial charge in [0.05, 0.1) is 18.8 Å². The molecular weight excluding hydrogens is 410 g/mol. The van der Waals surface area contributed by atoms with Crippen molar-refractivity contribution in [1.29, 1.82) is 0 Å². The summed E-state index contributed by atoms with van der Waals surface area (Å²) in [6.45, 7) is 7.95. The third-order valence-electron chi connectivity index (χ3n) is 5.24. The van der Waals surface area contributed by atoms with Gasteiger partial charge in [-0.3, -0.25) is 14.6 Å². The van der Waals surface area contributed by atoms with Crippen molar-refractivity contribution in [3.63, 3.8) is 0 Å². The van der Waals surface area contributed by atoms with Gasteiger partial charge < -0.3 is 14.5 Å². The minimum atomic E-state index is -0.149. The van der Waals surface area contributed by atoms with E-state index in [1.807, 2.05) is 58.0 Å². The molecule has 32 heavy (non-hydrogen) atoms. The van der Waals surface area contributed by atoms with Crippen LogP contribution >= 0.6 is 0 Å². The molecule has 0 aliphatic carbocycles. The SMILES string of the molecule is Cc1cc(C)n(-c2cc(NC(=O)CN3CCOC(N(C)C)C3)nc(-c3ccc(C)o3)n2)n1. The van der Waals surface area contributed by atoms with Crippen molar-refractivity contribution in [2.45, 2.75) is 27.0 Å². The molecule has 3 aromatic rings. The van der Waals surface area contributed by atoms with Gasteiger partial charge >= 0.3 is 0 Å². The molecule has 1 saturated heterocycles. The number of furan rings is 1. The molecule has 3 aromatic heterocycles. The van der Waals surface area contributed by atoms with Gasteiger partial charge in [0.15, 0.2) is 17.4 Å². The Bertz CT molecular complexity index is 1100. The van der Waals surface area contributed by atoms with E-state index < -0.39 is 0 Å². The first kappa shape index (κ1) is 22.1. The molecule has 1 aliphatic heterocycles. The van der Waals surface area contributed by atoms with Gasteiger partial charge in [0.2, 0.25) is 5.91 Å². The average Bonchev–Trinajstić information content (AvgIpc) is 3.32. The van der Waals surface area contributed by atoms with Gasteiger partial charge in [0.25, 0.3) is 0 Å². The predicted molar refractivity (Wildman–Crippen MR) is 120 cm³/mol. The van der Waals surface area contributed by atoms with Crippen LogP contribution in [-0.4, -0.2) is 82.0 Å². The van der Waals surface area contributed by atoms with Gasteiger partial charge in [0, 0.05) is 24.8 Å². The molecule has 1 amide bonds. The average molecular weight is 440 g/mol. The topological polar surface area (TPSA) is 102 Å². The van der Waals surface area contributed by atoms with Gasteiger partial charge in [-0.05, 0) is 53.1 Å². The van der Waals surface area contributed by atoms with Crippen LogP contribution in [0.25, 0.3) is 17.4 Å². The highest BCUT2D eigenvalue weighted by Crippen LogP contribution is 2.23. The Morgan fingerprint density at radius 2 is 2.03 bits per heavy atom. The van der Waals surface area contributed by atoms with E-state index in [9.17, 15) is 4.79 Å². The van der Waals surface area contributed by atoms with Crippen LogP contribution in [0.2, 0.25) is 0 Å². The molecular formula is C22H29N7O3. The maximum atomic E-state index is 12.8. The number of carbonyl (C=O) groups excluding carboxylic acids is 1. The fourth-order valence-electron chi connectivity index (χ4n) is 3.66. The van der Waals surface area contributed by atoms with E-state index in [-0.39, 0.29) is 18.7 Å². The van der Waals surface area contributed by atoms with Crippen LogP contribution in [0.5, 0.6) is 0 Å². The summed E-state index contributed by atoms with van der Waals surface area (Å²) in [4.78, 5) is 26.0. The number of ether oxygens (including phenoxy) is 1. The van der Waals surface area contributed by atoms with Crippen LogP contribution in [0.3, 0.4) is 0 Å². The highest BCUT2D eigenvalue weighted by atomic mass is 16.5. The second-order valence-corrected chi connectivity index (χ2v) is 8.26. The number of hydrogen-bond donors (Lipinski definition) is 1. The number of nitrogens with zero attached hydrogens (tertiary/aromatic N) is 6. The molecule has 1 atom stereocenters. The van der Waals surface area contributed by atoms with Crippen LogP contribution in [0, 0.1) is 20.8 Å². The number of nitrogens with one attached hydrogen (secondary N) is 1. The number of aromatic nitrogens is 4. The lowest BCUT2D eigenvalue weighted by molar-refractivity contribution is -0.123. The number of anilines is 1. The molecule has 4 heterocycles. The lowest BCUT2D eigenvalue weighted by Gasteiger charge is -2.35. The van der Waals surface area contributed by atoms with Gasteiger partial charge in [0.1, 0.15) is 17.8 Å². The van der Waals surface area contributed by atoms with Crippen molar-refractivity contribution >= 4 is 11.7 Å². The molecule has 1 unspecified atom stereocenters. The van der Waals surface area contributed by atoms with Crippen LogP contribution in [0.15, 0.2) is 28.7 Å². The molecule has 0 saturated carbocycles. The first-order chi connectivity index (χ1) is 15.3. The summed E-state index contributed by atoms with van der Waals surface area (Å²) in [5.41, 5.74) is 1.81.